The van der Waals surface area contributed by atoms with Gasteiger partial charge in [0.15, 0.2) is 0 Å². The topological polar surface area (TPSA) is 0 Å². The van der Waals surface area contributed by atoms with Crippen molar-refractivity contribution >= 4 is 15.0 Å². The van der Waals surface area contributed by atoms with Crippen molar-refractivity contribution in [3.05, 3.63) is 46.5 Å². The second kappa shape index (κ2) is 4.55. The van der Waals surface area contributed by atoms with Gasteiger partial charge in [0.05, 0.1) is 0 Å². The number of hydrogen-bond donors (Lipinski definition) is 0. The molecule has 0 radical (unpaired) electrons. The van der Waals surface area contributed by atoms with E-state index in [1.165, 1.54) is 17.3 Å². The summed E-state index contributed by atoms with van der Waals surface area (Å²) in [5.74, 6) is 0. The van der Waals surface area contributed by atoms with E-state index in [1.54, 1.807) is 16.7 Å². The number of aryl methyl sites for hydroxylation is 1. The summed E-state index contributed by atoms with van der Waals surface area (Å²) in [6, 6.07) is 9.11. The van der Waals surface area contributed by atoms with Crippen LogP contribution in [0.4, 0.5) is 0 Å². The van der Waals surface area contributed by atoms with Gasteiger partial charge in [-0.15, -0.1) is 0 Å². The van der Waals surface area contributed by atoms with Crippen LogP contribution in [-0.2, 0) is 0 Å². The molecule has 1 aliphatic rings. The zero-order valence-corrected chi connectivity index (χ0v) is 11.4. The number of benzene rings is 1. The van der Waals surface area contributed by atoms with Crippen molar-refractivity contribution in [2.24, 2.45) is 0 Å². The molecule has 0 fully saturated rings. The Labute approximate surface area is 98.9 Å². The van der Waals surface area contributed by atoms with E-state index in [0.29, 0.717) is 0 Å². The van der Waals surface area contributed by atoms with Crippen molar-refractivity contribution in [3.8, 4) is 0 Å². The average molecular weight is 265 g/mol. The molecular weight excluding hydrogens is 247 g/mol. The standard InChI is InChI=1S/C14H18Se/c1-10-4-6-13(7-5-10)14-8-11(2)12(3)9-15-14/h4-7,14H,8-9H2,1-3H3. The van der Waals surface area contributed by atoms with Crippen LogP contribution in [0.1, 0.15) is 36.2 Å². The molecule has 0 bridgehead atoms. The van der Waals surface area contributed by atoms with Crippen LogP contribution >= 0.6 is 0 Å². The molecule has 0 saturated heterocycles. The molecule has 0 saturated carbocycles. The monoisotopic (exact) mass is 266 g/mol. The van der Waals surface area contributed by atoms with E-state index in [2.05, 4.69) is 45.0 Å². The van der Waals surface area contributed by atoms with Crippen molar-refractivity contribution < 1.29 is 0 Å². The zero-order chi connectivity index (χ0) is 10.8. The maximum atomic E-state index is 2.32. The molecule has 1 aromatic carbocycles. The molecule has 1 heteroatoms. The SMILES string of the molecule is CC1=C(C)CC(c2ccc(C)cc2)[Se]C1. The first kappa shape index (κ1) is 11.0. The van der Waals surface area contributed by atoms with Crippen molar-refractivity contribution in [1.29, 1.82) is 0 Å². The molecule has 0 nitrogen and oxygen atoms in total. The van der Waals surface area contributed by atoms with Crippen molar-refractivity contribution in [1.82, 2.24) is 0 Å². The van der Waals surface area contributed by atoms with Crippen molar-refractivity contribution in [2.45, 2.75) is 37.3 Å². The molecule has 0 aliphatic carbocycles. The second-order valence-corrected chi connectivity index (χ2v) is 6.97. The summed E-state index contributed by atoms with van der Waals surface area (Å²) in [6.45, 7) is 6.75. The zero-order valence-electron chi connectivity index (χ0n) is 9.71. The quantitative estimate of drug-likeness (QED) is 0.533. The maximum absolute atomic E-state index is 2.32. The Kier molecular flexibility index (Phi) is 3.33. The molecule has 2 rings (SSSR count). The van der Waals surface area contributed by atoms with E-state index in [0.717, 1.165) is 19.8 Å². The molecule has 15 heavy (non-hydrogen) atoms. The Morgan fingerprint density at radius 3 is 2.27 bits per heavy atom. The first-order valence-corrected chi connectivity index (χ1v) is 7.70. The Hall–Kier alpha value is -0.521. The van der Waals surface area contributed by atoms with E-state index in [-0.39, 0.29) is 0 Å². The predicted octanol–water partition coefficient (Wildman–Crippen LogP) is 3.90. The van der Waals surface area contributed by atoms with Gasteiger partial charge >= 0.3 is 98.8 Å². The van der Waals surface area contributed by atoms with Gasteiger partial charge < -0.3 is 0 Å². The summed E-state index contributed by atoms with van der Waals surface area (Å²) in [7, 11) is 0. The van der Waals surface area contributed by atoms with E-state index in [9.17, 15) is 0 Å². The second-order valence-electron chi connectivity index (χ2n) is 4.48. The number of rotatable bonds is 1. The van der Waals surface area contributed by atoms with Crippen molar-refractivity contribution in [3.63, 3.8) is 0 Å². The van der Waals surface area contributed by atoms with Gasteiger partial charge in [-0.3, -0.25) is 0 Å². The normalized spacial score (nSPS) is 21.9. The van der Waals surface area contributed by atoms with Gasteiger partial charge in [0.25, 0.3) is 0 Å². The molecule has 0 N–H and O–H groups in total. The average Bonchev–Trinajstić information content (AvgIpc) is 2.23. The molecule has 80 valence electrons. The number of allylic oxidation sites excluding steroid dienone is 2. The van der Waals surface area contributed by atoms with Gasteiger partial charge in [0.2, 0.25) is 0 Å². The van der Waals surface area contributed by atoms with Gasteiger partial charge in [-0.25, -0.2) is 0 Å². The summed E-state index contributed by atoms with van der Waals surface area (Å²) < 4.78 is 0. The third-order valence-electron chi connectivity index (χ3n) is 3.17. The first-order chi connectivity index (χ1) is 7.16. The van der Waals surface area contributed by atoms with Gasteiger partial charge in [0.1, 0.15) is 0 Å². The summed E-state index contributed by atoms with van der Waals surface area (Å²) >= 11 is 0.763. The Morgan fingerprint density at radius 1 is 1.00 bits per heavy atom. The Balaban J connectivity index is 2.17. The van der Waals surface area contributed by atoms with E-state index >= 15 is 0 Å². The van der Waals surface area contributed by atoms with Crippen LogP contribution in [-0.4, -0.2) is 15.0 Å². The molecule has 0 spiro atoms. The molecule has 1 unspecified atom stereocenters. The van der Waals surface area contributed by atoms with Gasteiger partial charge in [-0.2, -0.15) is 0 Å². The summed E-state index contributed by atoms with van der Waals surface area (Å²) in [5, 5.41) is 1.34. The van der Waals surface area contributed by atoms with Crippen LogP contribution in [0, 0.1) is 6.92 Å². The summed E-state index contributed by atoms with van der Waals surface area (Å²) in [6.07, 6.45) is 1.29. The Bertz CT molecular complexity index is 373. The first-order valence-electron chi connectivity index (χ1n) is 5.50. The fourth-order valence-electron chi connectivity index (χ4n) is 1.86. The van der Waals surface area contributed by atoms with Crippen LogP contribution in [0.2, 0.25) is 5.32 Å². The number of hydrogen-bond acceptors (Lipinski definition) is 0. The minimum atomic E-state index is 0.763. The molecule has 1 aromatic rings. The van der Waals surface area contributed by atoms with Crippen LogP contribution in [0.25, 0.3) is 0 Å². The molecule has 1 heterocycles. The summed E-state index contributed by atoms with van der Waals surface area (Å²) in [5.41, 5.74) is 6.17. The van der Waals surface area contributed by atoms with E-state index < -0.39 is 0 Å². The third-order valence-corrected chi connectivity index (χ3v) is 6.19. The van der Waals surface area contributed by atoms with Crippen LogP contribution < -0.4 is 0 Å². The minimum absolute atomic E-state index is 0.763. The molecule has 0 amide bonds. The fraction of sp³-hybridized carbons (Fsp3) is 0.429. The molecule has 1 atom stereocenters. The third kappa shape index (κ3) is 2.53. The van der Waals surface area contributed by atoms with Crippen LogP contribution in [0.3, 0.4) is 0 Å². The molecule has 1 aliphatic heterocycles. The van der Waals surface area contributed by atoms with Gasteiger partial charge in [0, 0.05) is 0 Å². The Morgan fingerprint density at radius 2 is 1.67 bits per heavy atom. The van der Waals surface area contributed by atoms with Crippen LogP contribution in [0.15, 0.2) is 35.4 Å². The molecule has 0 aromatic heterocycles. The van der Waals surface area contributed by atoms with Crippen molar-refractivity contribution in [2.75, 3.05) is 0 Å². The van der Waals surface area contributed by atoms with Gasteiger partial charge in [-0.1, -0.05) is 0 Å². The molecular formula is C14H18Se. The van der Waals surface area contributed by atoms with E-state index in [4.69, 9.17) is 0 Å². The fourth-order valence-corrected chi connectivity index (χ4v) is 4.82. The van der Waals surface area contributed by atoms with Crippen LogP contribution in [0.5, 0.6) is 0 Å². The van der Waals surface area contributed by atoms with Gasteiger partial charge in [-0.05, 0) is 0 Å². The summed E-state index contributed by atoms with van der Waals surface area (Å²) in [4.78, 5) is 0.821. The predicted molar refractivity (Wildman–Crippen MR) is 67.5 cm³/mol. The van der Waals surface area contributed by atoms with E-state index in [1.807, 2.05) is 0 Å².